The molecule has 3 heteroatoms. The lowest BCUT2D eigenvalue weighted by atomic mass is 10.2. The minimum absolute atomic E-state index is 0.724. The molecular formula is C8H11ClO2. The fourth-order valence-corrected chi connectivity index (χ4v) is 0.659. The topological polar surface area (TPSA) is 37.3 Å². The molecule has 11 heavy (non-hydrogen) atoms. The van der Waals surface area contributed by atoms with Crippen LogP contribution in [0.4, 0.5) is 0 Å². The Labute approximate surface area is 71.2 Å². The maximum atomic E-state index is 9.99. The van der Waals surface area contributed by atoms with E-state index in [9.17, 15) is 4.79 Å². The fourth-order valence-electron chi connectivity index (χ4n) is 0.550. The molecule has 0 unspecified atom stereocenters. The third kappa shape index (κ3) is 7.13. The molecule has 0 aromatic rings. The van der Waals surface area contributed by atoms with Gasteiger partial charge in [0.15, 0.2) is 0 Å². The summed E-state index contributed by atoms with van der Waals surface area (Å²) < 4.78 is 0. The minimum Gasteiger partial charge on any atom is -0.478 e. The van der Waals surface area contributed by atoms with Crippen LogP contribution in [0.15, 0.2) is 23.3 Å². The third-order valence-corrected chi connectivity index (χ3v) is 1.52. The van der Waals surface area contributed by atoms with Crippen LogP contribution in [0.5, 0.6) is 0 Å². The van der Waals surface area contributed by atoms with Crippen LogP contribution in [-0.2, 0) is 4.79 Å². The molecule has 0 saturated heterocycles. The van der Waals surface area contributed by atoms with Gasteiger partial charge in [0.25, 0.3) is 0 Å². The lowest BCUT2D eigenvalue weighted by Gasteiger charge is -1.92. The van der Waals surface area contributed by atoms with Gasteiger partial charge in [-0.3, -0.25) is 0 Å². The molecule has 0 bridgehead atoms. The van der Waals surface area contributed by atoms with Crippen LogP contribution in [0.25, 0.3) is 0 Å². The highest BCUT2D eigenvalue weighted by Gasteiger charge is 1.87. The van der Waals surface area contributed by atoms with E-state index in [0.717, 1.165) is 24.5 Å². The quantitative estimate of drug-likeness (QED) is 0.666. The van der Waals surface area contributed by atoms with E-state index in [0.29, 0.717) is 0 Å². The first-order chi connectivity index (χ1) is 5.16. The normalized spacial score (nSPS) is 12.4. The predicted octanol–water partition coefficient (Wildman–Crippen LogP) is 2.55. The largest absolute Gasteiger partial charge is 0.478 e. The zero-order chi connectivity index (χ0) is 8.69. The van der Waals surface area contributed by atoms with Crippen molar-refractivity contribution < 1.29 is 9.90 Å². The first-order valence-corrected chi connectivity index (χ1v) is 3.75. The second kappa shape index (κ2) is 5.98. The summed E-state index contributed by atoms with van der Waals surface area (Å²) in [5, 5.41) is 8.21. The van der Waals surface area contributed by atoms with Gasteiger partial charge < -0.3 is 5.11 Å². The van der Waals surface area contributed by atoms with Gasteiger partial charge in [0.2, 0.25) is 0 Å². The number of hydrogen-bond acceptors (Lipinski definition) is 1. The van der Waals surface area contributed by atoms with Crippen LogP contribution in [0.1, 0.15) is 19.8 Å². The number of hydrogen-bond donors (Lipinski definition) is 1. The van der Waals surface area contributed by atoms with Gasteiger partial charge in [-0.05, 0) is 19.8 Å². The van der Waals surface area contributed by atoms with Crippen LogP contribution in [0, 0.1) is 0 Å². The maximum Gasteiger partial charge on any atom is 0.327 e. The van der Waals surface area contributed by atoms with Crippen molar-refractivity contribution in [1.29, 1.82) is 0 Å². The van der Waals surface area contributed by atoms with Crippen molar-refractivity contribution in [2.75, 3.05) is 0 Å². The number of rotatable bonds is 4. The summed E-state index contributed by atoms with van der Waals surface area (Å²) in [5.41, 5.74) is 2.57. The third-order valence-electron chi connectivity index (χ3n) is 1.15. The SMILES string of the molecule is C/C(=C/Cl)CC/C=C/C(=O)O. The van der Waals surface area contributed by atoms with Gasteiger partial charge in [-0.2, -0.15) is 0 Å². The van der Waals surface area contributed by atoms with Gasteiger partial charge >= 0.3 is 5.97 Å². The van der Waals surface area contributed by atoms with E-state index >= 15 is 0 Å². The molecule has 0 atom stereocenters. The summed E-state index contributed by atoms with van der Waals surface area (Å²) in [6.07, 6.45) is 4.29. The van der Waals surface area contributed by atoms with Crippen LogP contribution >= 0.6 is 11.6 Å². The van der Waals surface area contributed by atoms with Crippen molar-refractivity contribution in [2.24, 2.45) is 0 Å². The molecule has 0 radical (unpaired) electrons. The van der Waals surface area contributed by atoms with Crippen LogP contribution in [-0.4, -0.2) is 11.1 Å². The van der Waals surface area contributed by atoms with Crippen molar-refractivity contribution >= 4 is 17.6 Å². The summed E-state index contributed by atoms with van der Waals surface area (Å²) in [7, 11) is 0. The van der Waals surface area contributed by atoms with Crippen molar-refractivity contribution in [2.45, 2.75) is 19.8 Å². The Kier molecular flexibility index (Phi) is 5.57. The van der Waals surface area contributed by atoms with Gasteiger partial charge in [0.1, 0.15) is 0 Å². The van der Waals surface area contributed by atoms with Crippen molar-refractivity contribution in [3.63, 3.8) is 0 Å². The molecule has 0 amide bonds. The maximum absolute atomic E-state index is 9.99. The van der Waals surface area contributed by atoms with E-state index in [1.165, 1.54) is 5.54 Å². The van der Waals surface area contributed by atoms with E-state index in [1.807, 2.05) is 6.92 Å². The molecule has 2 nitrogen and oxygen atoms in total. The summed E-state index contributed by atoms with van der Waals surface area (Å²) in [4.78, 5) is 9.99. The fraction of sp³-hybridized carbons (Fsp3) is 0.375. The molecule has 1 N–H and O–H groups in total. The average Bonchev–Trinajstić information content (AvgIpc) is 1.97. The van der Waals surface area contributed by atoms with Gasteiger partial charge in [-0.25, -0.2) is 4.79 Å². The van der Waals surface area contributed by atoms with E-state index in [4.69, 9.17) is 16.7 Å². The summed E-state index contributed by atoms with van der Waals surface area (Å²) >= 11 is 5.39. The highest BCUT2D eigenvalue weighted by molar-refractivity contribution is 6.25. The van der Waals surface area contributed by atoms with Crippen LogP contribution in [0.3, 0.4) is 0 Å². The Morgan fingerprint density at radius 2 is 2.27 bits per heavy atom. The average molecular weight is 175 g/mol. The molecule has 0 aromatic heterocycles. The molecular weight excluding hydrogens is 164 g/mol. The number of carbonyl (C=O) groups is 1. The van der Waals surface area contributed by atoms with Gasteiger partial charge in [0, 0.05) is 11.6 Å². The molecule has 0 aliphatic rings. The molecule has 0 rings (SSSR count). The summed E-state index contributed by atoms with van der Waals surface area (Å²) in [5.74, 6) is -0.905. The Morgan fingerprint density at radius 1 is 1.64 bits per heavy atom. The number of carboxylic acid groups (broad SMARTS) is 1. The van der Waals surface area contributed by atoms with Gasteiger partial charge in [0.05, 0.1) is 0 Å². The van der Waals surface area contributed by atoms with Crippen LogP contribution in [0.2, 0.25) is 0 Å². The Bertz CT molecular complexity index is 183. The zero-order valence-electron chi connectivity index (χ0n) is 6.38. The van der Waals surface area contributed by atoms with E-state index < -0.39 is 5.97 Å². The molecule has 0 spiro atoms. The Hall–Kier alpha value is -0.760. The molecule has 0 fully saturated rings. The predicted molar refractivity (Wildman–Crippen MR) is 45.6 cm³/mol. The molecule has 62 valence electrons. The highest BCUT2D eigenvalue weighted by atomic mass is 35.5. The van der Waals surface area contributed by atoms with E-state index in [1.54, 1.807) is 6.08 Å². The number of aliphatic carboxylic acids is 1. The molecule has 0 heterocycles. The smallest absolute Gasteiger partial charge is 0.327 e. The summed E-state index contributed by atoms with van der Waals surface area (Å²) in [6.45, 7) is 1.90. The van der Waals surface area contributed by atoms with Crippen molar-refractivity contribution in [1.82, 2.24) is 0 Å². The van der Waals surface area contributed by atoms with E-state index in [-0.39, 0.29) is 0 Å². The van der Waals surface area contributed by atoms with Gasteiger partial charge in [-0.1, -0.05) is 23.3 Å². The number of halogens is 1. The highest BCUT2D eigenvalue weighted by Crippen LogP contribution is 2.05. The summed E-state index contributed by atoms with van der Waals surface area (Å²) in [6, 6.07) is 0. The second-order valence-electron chi connectivity index (χ2n) is 2.23. The zero-order valence-corrected chi connectivity index (χ0v) is 7.14. The molecule has 0 aliphatic heterocycles. The lowest BCUT2D eigenvalue weighted by Crippen LogP contribution is -1.85. The minimum atomic E-state index is -0.905. The van der Waals surface area contributed by atoms with Crippen molar-refractivity contribution in [3.05, 3.63) is 23.3 Å². The number of allylic oxidation sites excluding steroid dienone is 2. The molecule has 0 aliphatic carbocycles. The first kappa shape index (κ1) is 10.2. The standard InChI is InChI=1S/C8H11ClO2/c1-7(6-9)4-2-3-5-8(10)11/h3,5-6H,2,4H2,1H3,(H,10,11)/b5-3+,7-6-. The van der Waals surface area contributed by atoms with Crippen molar-refractivity contribution in [3.8, 4) is 0 Å². The monoisotopic (exact) mass is 174 g/mol. The first-order valence-electron chi connectivity index (χ1n) is 3.32. The lowest BCUT2D eigenvalue weighted by molar-refractivity contribution is -0.131. The Balaban J connectivity index is 3.49. The Morgan fingerprint density at radius 3 is 2.73 bits per heavy atom. The second-order valence-corrected chi connectivity index (χ2v) is 2.45. The molecule has 0 saturated carbocycles. The van der Waals surface area contributed by atoms with Gasteiger partial charge in [-0.15, -0.1) is 0 Å². The van der Waals surface area contributed by atoms with Crippen LogP contribution < -0.4 is 0 Å². The van der Waals surface area contributed by atoms with E-state index in [2.05, 4.69) is 0 Å². The number of carboxylic acids is 1. The molecule has 0 aromatic carbocycles.